The molecule has 1 aliphatic carbocycles. The van der Waals surface area contributed by atoms with Gasteiger partial charge in [0.1, 0.15) is 17.9 Å². The maximum absolute atomic E-state index is 13.3. The summed E-state index contributed by atoms with van der Waals surface area (Å²) in [6.45, 7) is 2.42. The van der Waals surface area contributed by atoms with Crippen molar-refractivity contribution >= 4 is 17.6 Å². The van der Waals surface area contributed by atoms with Crippen LogP contribution in [-0.2, 0) is 9.59 Å². The van der Waals surface area contributed by atoms with Crippen LogP contribution < -0.4 is 15.4 Å². The fraction of sp³-hybridized carbons (Fsp3) is 0.355. The van der Waals surface area contributed by atoms with Gasteiger partial charge >= 0.3 is 5.97 Å². The van der Waals surface area contributed by atoms with Gasteiger partial charge in [-0.3, -0.25) is 9.59 Å². The highest BCUT2D eigenvalue weighted by atomic mass is 16.5. The van der Waals surface area contributed by atoms with Crippen LogP contribution in [0.25, 0.3) is 11.1 Å². The predicted molar refractivity (Wildman–Crippen MR) is 145 cm³/mol. The molecule has 0 radical (unpaired) electrons. The van der Waals surface area contributed by atoms with E-state index >= 15 is 0 Å². The molecule has 3 aromatic rings. The molecule has 6 nitrogen and oxygen atoms in total. The molecule has 1 aliphatic heterocycles. The normalized spacial score (nSPS) is 22.0. The Bertz CT molecular complexity index is 1250. The molecule has 1 saturated carbocycles. The number of fused-ring (bicyclic) bond motifs is 1. The van der Waals surface area contributed by atoms with Gasteiger partial charge < -0.3 is 20.5 Å². The molecular formula is C31H34N2O4. The number of hydrogen-bond acceptors (Lipinski definition) is 4. The van der Waals surface area contributed by atoms with Crippen LogP contribution in [0.2, 0.25) is 0 Å². The zero-order chi connectivity index (χ0) is 25.9. The third-order valence-electron chi connectivity index (χ3n) is 7.73. The highest BCUT2D eigenvalue weighted by molar-refractivity contribution is 5.99. The molecule has 2 atom stereocenters. The molecule has 1 unspecified atom stereocenters. The summed E-state index contributed by atoms with van der Waals surface area (Å²) in [6.07, 6.45) is 4.16. The maximum Gasteiger partial charge on any atom is 0.303 e. The van der Waals surface area contributed by atoms with Crippen molar-refractivity contribution in [2.45, 2.75) is 57.1 Å². The lowest BCUT2D eigenvalue weighted by atomic mass is 9.77. The molecule has 6 heteroatoms. The number of carbonyl (C=O) groups is 2. The number of rotatable bonds is 6. The van der Waals surface area contributed by atoms with Crippen molar-refractivity contribution in [2.75, 3.05) is 11.4 Å². The van der Waals surface area contributed by atoms with Crippen LogP contribution in [0.15, 0.2) is 72.8 Å². The van der Waals surface area contributed by atoms with E-state index < -0.39 is 12.0 Å². The third kappa shape index (κ3) is 5.54. The van der Waals surface area contributed by atoms with E-state index in [0.29, 0.717) is 24.1 Å². The average Bonchev–Trinajstić information content (AvgIpc) is 2.92. The van der Waals surface area contributed by atoms with E-state index in [1.165, 1.54) is 5.56 Å². The number of carboxylic acid groups (broad SMARTS) is 1. The largest absolute Gasteiger partial charge is 0.487 e. The van der Waals surface area contributed by atoms with Gasteiger partial charge in [-0.25, -0.2) is 0 Å². The fourth-order valence-corrected chi connectivity index (χ4v) is 5.69. The number of aliphatic carboxylic acids is 1. The minimum absolute atomic E-state index is 0.141. The summed E-state index contributed by atoms with van der Waals surface area (Å²) in [4.78, 5) is 26.1. The molecule has 1 fully saturated rings. The van der Waals surface area contributed by atoms with Gasteiger partial charge in [0.05, 0.1) is 12.2 Å². The molecule has 0 bridgehead atoms. The topological polar surface area (TPSA) is 92.9 Å². The summed E-state index contributed by atoms with van der Waals surface area (Å²) in [5, 5.41) is 9.06. The minimum atomic E-state index is -0.731. The molecule has 5 rings (SSSR count). The van der Waals surface area contributed by atoms with Gasteiger partial charge in [-0.1, -0.05) is 60.7 Å². The maximum atomic E-state index is 13.3. The summed E-state index contributed by atoms with van der Waals surface area (Å²) in [5.41, 5.74) is 11.3. The second-order valence-electron chi connectivity index (χ2n) is 10.4. The SMILES string of the molecule is CC1CN(C(=O)[C@@H](N)c2ccccc2)c2ccc(-c3ccc(C4CCC(CC(=O)O)CC4)cc3)cc2O1. The van der Waals surface area contributed by atoms with Gasteiger partial charge in [0.2, 0.25) is 5.91 Å². The highest BCUT2D eigenvalue weighted by Crippen LogP contribution is 2.40. The number of ether oxygens (including phenoxy) is 1. The second-order valence-corrected chi connectivity index (χ2v) is 10.4. The Balaban J connectivity index is 1.31. The van der Waals surface area contributed by atoms with Crippen molar-refractivity contribution in [3.63, 3.8) is 0 Å². The highest BCUT2D eigenvalue weighted by Gasteiger charge is 2.31. The molecule has 1 heterocycles. The number of amides is 1. The minimum Gasteiger partial charge on any atom is -0.487 e. The number of nitrogens with zero attached hydrogens (tertiary/aromatic N) is 1. The number of anilines is 1. The molecule has 0 aromatic heterocycles. The van der Waals surface area contributed by atoms with Crippen LogP contribution in [0.5, 0.6) is 5.75 Å². The zero-order valence-electron chi connectivity index (χ0n) is 21.2. The van der Waals surface area contributed by atoms with Crippen molar-refractivity contribution in [1.29, 1.82) is 0 Å². The Kier molecular flexibility index (Phi) is 7.28. The first-order chi connectivity index (χ1) is 17.9. The Hall–Kier alpha value is -3.64. The summed E-state index contributed by atoms with van der Waals surface area (Å²) < 4.78 is 6.14. The molecule has 2 aliphatic rings. The first kappa shape index (κ1) is 25.0. The Labute approximate surface area is 218 Å². The lowest BCUT2D eigenvalue weighted by Gasteiger charge is -2.35. The van der Waals surface area contributed by atoms with Gasteiger partial charge in [0.15, 0.2) is 0 Å². The van der Waals surface area contributed by atoms with E-state index in [1.807, 2.05) is 55.5 Å². The van der Waals surface area contributed by atoms with Crippen LogP contribution in [0.3, 0.4) is 0 Å². The van der Waals surface area contributed by atoms with Crippen molar-refractivity contribution in [3.05, 3.63) is 83.9 Å². The Morgan fingerprint density at radius 1 is 0.973 bits per heavy atom. The number of carboxylic acids is 1. The van der Waals surface area contributed by atoms with Gasteiger partial charge in [-0.2, -0.15) is 0 Å². The fourth-order valence-electron chi connectivity index (χ4n) is 5.69. The van der Waals surface area contributed by atoms with E-state index in [-0.39, 0.29) is 18.4 Å². The van der Waals surface area contributed by atoms with Gasteiger partial charge in [-0.15, -0.1) is 0 Å². The van der Waals surface area contributed by atoms with Crippen molar-refractivity contribution in [3.8, 4) is 16.9 Å². The molecular weight excluding hydrogens is 464 g/mol. The van der Waals surface area contributed by atoms with Crippen molar-refractivity contribution < 1.29 is 19.4 Å². The molecule has 3 N–H and O–H groups in total. The van der Waals surface area contributed by atoms with E-state index in [2.05, 4.69) is 24.3 Å². The van der Waals surface area contributed by atoms with Crippen molar-refractivity contribution in [1.82, 2.24) is 0 Å². The summed E-state index contributed by atoms with van der Waals surface area (Å²) in [7, 11) is 0. The summed E-state index contributed by atoms with van der Waals surface area (Å²) in [6, 6.07) is 23.4. The zero-order valence-corrected chi connectivity index (χ0v) is 21.2. The van der Waals surface area contributed by atoms with E-state index in [4.69, 9.17) is 15.6 Å². The number of carbonyl (C=O) groups excluding carboxylic acids is 1. The number of benzene rings is 3. The van der Waals surface area contributed by atoms with Gasteiger partial charge in [-0.05, 0) is 78.8 Å². The average molecular weight is 499 g/mol. The molecule has 1 amide bonds. The molecule has 0 spiro atoms. The van der Waals surface area contributed by atoms with Crippen LogP contribution in [0, 0.1) is 5.92 Å². The third-order valence-corrected chi connectivity index (χ3v) is 7.73. The van der Waals surface area contributed by atoms with E-state index in [0.717, 1.165) is 48.1 Å². The second kappa shape index (κ2) is 10.8. The monoisotopic (exact) mass is 498 g/mol. The summed E-state index contributed by atoms with van der Waals surface area (Å²) >= 11 is 0. The standard InChI is InChI=1S/C31H34N2O4/c1-20-19-33(31(36)30(32)25-5-3-2-4-6-25)27-16-15-26(18-28(27)37-20)24-13-11-23(12-14-24)22-9-7-21(8-10-22)17-29(34)35/h2-6,11-16,18,20-22,30H,7-10,17,19,32H2,1H3,(H,34,35)/t20?,21?,22?,30-/m0/s1. The van der Waals surface area contributed by atoms with Crippen molar-refractivity contribution in [2.24, 2.45) is 11.7 Å². The predicted octanol–water partition coefficient (Wildman–Crippen LogP) is 5.92. The Morgan fingerprint density at radius 3 is 2.32 bits per heavy atom. The van der Waals surface area contributed by atoms with Gasteiger partial charge in [0.25, 0.3) is 0 Å². The first-order valence-corrected chi connectivity index (χ1v) is 13.1. The van der Waals surface area contributed by atoms with Crippen LogP contribution in [0.1, 0.15) is 62.1 Å². The van der Waals surface area contributed by atoms with Gasteiger partial charge in [0, 0.05) is 6.42 Å². The number of nitrogens with two attached hydrogens (primary N) is 1. The van der Waals surface area contributed by atoms with Crippen LogP contribution >= 0.6 is 0 Å². The van der Waals surface area contributed by atoms with Crippen LogP contribution in [0.4, 0.5) is 5.69 Å². The molecule has 192 valence electrons. The van der Waals surface area contributed by atoms with E-state index in [1.54, 1.807) is 4.90 Å². The number of hydrogen-bond donors (Lipinski definition) is 2. The first-order valence-electron chi connectivity index (χ1n) is 13.1. The molecule has 0 saturated heterocycles. The lowest BCUT2D eigenvalue weighted by molar-refractivity contribution is -0.138. The lowest BCUT2D eigenvalue weighted by Crippen LogP contribution is -2.46. The smallest absolute Gasteiger partial charge is 0.303 e. The van der Waals surface area contributed by atoms with Crippen LogP contribution in [-0.4, -0.2) is 29.6 Å². The molecule has 37 heavy (non-hydrogen) atoms. The Morgan fingerprint density at radius 2 is 1.65 bits per heavy atom. The molecule has 3 aromatic carbocycles. The summed E-state index contributed by atoms with van der Waals surface area (Å²) in [5.74, 6) is 0.644. The quantitative estimate of drug-likeness (QED) is 0.440. The van der Waals surface area contributed by atoms with E-state index in [9.17, 15) is 9.59 Å².